The monoisotopic (exact) mass is 362 g/mol. The quantitative estimate of drug-likeness (QED) is 0.869. The lowest BCUT2D eigenvalue weighted by Crippen LogP contribution is -2.15. The van der Waals surface area contributed by atoms with Crippen LogP contribution in [-0.2, 0) is 6.42 Å². The molecule has 1 atom stereocenters. The number of nitrogens with two attached hydrogens (primary N) is 1. The first kappa shape index (κ1) is 14.7. The lowest BCUT2D eigenvalue weighted by Gasteiger charge is -2.14. The molecule has 2 aromatic rings. The highest BCUT2D eigenvalue weighted by Crippen LogP contribution is 2.27. The van der Waals surface area contributed by atoms with E-state index in [1.54, 1.807) is 12.1 Å². The van der Waals surface area contributed by atoms with E-state index in [0.717, 1.165) is 5.56 Å². The van der Waals surface area contributed by atoms with E-state index in [1.165, 1.54) is 18.3 Å². The van der Waals surface area contributed by atoms with Crippen LogP contribution in [0.25, 0.3) is 0 Å². The Morgan fingerprint density at radius 2 is 2.05 bits per heavy atom. The summed E-state index contributed by atoms with van der Waals surface area (Å²) in [5.74, 6) is -0.299. The van der Waals surface area contributed by atoms with Crippen molar-refractivity contribution < 1.29 is 4.39 Å². The van der Waals surface area contributed by atoms with Crippen LogP contribution in [0.3, 0.4) is 0 Å². The number of benzene rings is 1. The van der Waals surface area contributed by atoms with E-state index < -0.39 is 0 Å². The van der Waals surface area contributed by atoms with Crippen LogP contribution in [0.5, 0.6) is 0 Å². The molecular weight excluding hydrogens is 354 g/mol. The molecule has 6 heteroatoms. The highest BCUT2D eigenvalue weighted by Gasteiger charge is 2.14. The molecule has 1 aromatic heterocycles. The minimum Gasteiger partial charge on any atom is -0.322 e. The van der Waals surface area contributed by atoms with Gasteiger partial charge in [0.25, 0.3) is 0 Å². The van der Waals surface area contributed by atoms with Crippen LogP contribution >= 0.6 is 39.1 Å². The highest BCUT2D eigenvalue weighted by molar-refractivity contribution is 9.10. The molecule has 0 amide bonds. The predicted molar refractivity (Wildman–Crippen MR) is 79.0 cm³/mol. The minimum absolute atomic E-state index is 0.299. The summed E-state index contributed by atoms with van der Waals surface area (Å²) < 4.78 is 13.7. The van der Waals surface area contributed by atoms with Crippen LogP contribution in [0.4, 0.5) is 4.39 Å². The van der Waals surface area contributed by atoms with Gasteiger partial charge in [-0.15, -0.1) is 0 Å². The summed E-state index contributed by atoms with van der Waals surface area (Å²) in [6.07, 6.45) is 2.00. The third kappa shape index (κ3) is 3.66. The predicted octanol–water partition coefficient (Wildman–Crippen LogP) is 4.53. The van der Waals surface area contributed by atoms with E-state index in [0.29, 0.717) is 26.6 Å². The number of hydrogen-bond acceptors (Lipinski definition) is 2. The van der Waals surface area contributed by atoms with Crippen LogP contribution in [0.15, 0.2) is 34.9 Å². The Labute approximate surface area is 128 Å². The zero-order chi connectivity index (χ0) is 14.0. The van der Waals surface area contributed by atoms with Crippen molar-refractivity contribution in [2.75, 3.05) is 0 Å². The molecule has 1 unspecified atom stereocenters. The molecule has 19 heavy (non-hydrogen) atoms. The molecule has 0 fully saturated rings. The second-order valence-electron chi connectivity index (χ2n) is 4.07. The second-order valence-corrected chi connectivity index (χ2v) is 5.76. The van der Waals surface area contributed by atoms with Crippen LogP contribution in [0, 0.1) is 5.82 Å². The van der Waals surface area contributed by atoms with Crippen LogP contribution in [0.1, 0.15) is 17.3 Å². The summed E-state index contributed by atoms with van der Waals surface area (Å²) in [7, 11) is 0. The van der Waals surface area contributed by atoms with Gasteiger partial charge in [-0.1, -0.05) is 45.2 Å². The van der Waals surface area contributed by atoms with Crippen molar-refractivity contribution in [3.63, 3.8) is 0 Å². The third-order valence-corrected chi connectivity index (χ3v) is 3.89. The molecule has 0 radical (unpaired) electrons. The smallest absolute Gasteiger partial charge is 0.124 e. The van der Waals surface area contributed by atoms with Gasteiger partial charge in [-0.05, 0) is 30.2 Å². The number of pyridine rings is 1. The number of hydrogen-bond donors (Lipinski definition) is 1. The third-order valence-electron chi connectivity index (χ3n) is 2.64. The summed E-state index contributed by atoms with van der Waals surface area (Å²) in [6.45, 7) is 0. The van der Waals surface area contributed by atoms with Crippen molar-refractivity contribution in [2.24, 2.45) is 5.73 Å². The second kappa shape index (κ2) is 6.18. The topological polar surface area (TPSA) is 38.9 Å². The highest BCUT2D eigenvalue weighted by atomic mass is 79.9. The average Bonchev–Trinajstić information content (AvgIpc) is 2.32. The molecule has 0 saturated carbocycles. The lowest BCUT2D eigenvalue weighted by molar-refractivity contribution is 0.623. The fourth-order valence-corrected chi connectivity index (χ4v) is 2.75. The van der Waals surface area contributed by atoms with E-state index in [9.17, 15) is 4.39 Å². The Bertz CT molecular complexity index is 607. The maximum atomic E-state index is 13.0. The summed E-state index contributed by atoms with van der Waals surface area (Å²) in [5, 5.41) is 0.891. The van der Waals surface area contributed by atoms with E-state index >= 15 is 0 Å². The zero-order valence-corrected chi connectivity index (χ0v) is 12.8. The molecule has 0 saturated heterocycles. The Hall–Kier alpha value is -0.680. The molecule has 2 rings (SSSR count). The van der Waals surface area contributed by atoms with Crippen molar-refractivity contribution in [2.45, 2.75) is 12.5 Å². The number of halogens is 4. The van der Waals surface area contributed by atoms with Crippen molar-refractivity contribution in [1.29, 1.82) is 0 Å². The summed E-state index contributed by atoms with van der Waals surface area (Å²) in [6, 6.07) is 5.70. The molecule has 0 aliphatic rings. The van der Waals surface area contributed by atoms with Gasteiger partial charge in [0.15, 0.2) is 0 Å². The van der Waals surface area contributed by atoms with Crippen molar-refractivity contribution >= 4 is 39.1 Å². The van der Waals surface area contributed by atoms with Gasteiger partial charge < -0.3 is 5.73 Å². The standard InChI is InChI=1S/C13H10BrCl2FN2/c14-10-5-9(17)2-1-7(10)3-12(18)13-11(16)4-8(15)6-19-13/h1-2,4-6,12H,3,18H2. The first-order valence-corrected chi connectivity index (χ1v) is 7.02. The molecule has 0 bridgehead atoms. The van der Waals surface area contributed by atoms with Gasteiger partial charge in [0, 0.05) is 10.7 Å². The first-order valence-electron chi connectivity index (χ1n) is 5.48. The Balaban J connectivity index is 2.23. The Morgan fingerprint density at radius 1 is 1.32 bits per heavy atom. The van der Waals surface area contributed by atoms with Gasteiger partial charge in [0.1, 0.15) is 5.82 Å². The molecule has 0 spiro atoms. The van der Waals surface area contributed by atoms with Crippen molar-refractivity contribution in [3.8, 4) is 0 Å². The minimum atomic E-state index is -0.383. The normalized spacial score (nSPS) is 12.5. The number of rotatable bonds is 3. The van der Waals surface area contributed by atoms with Crippen molar-refractivity contribution in [3.05, 3.63) is 62.1 Å². The molecule has 2 N–H and O–H groups in total. The lowest BCUT2D eigenvalue weighted by atomic mass is 10.0. The van der Waals surface area contributed by atoms with Gasteiger partial charge in [0.2, 0.25) is 0 Å². The number of aromatic nitrogens is 1. The van der Waals surface area contributed by atoms with Gasteiger partial charge >= 0.3 is 0 Å². The maximum absolute atomic E-state index is 13.0. The van der Waals surface area contributed by atoms with Crippen LogP contribution in [0.2, 0.25) is 10.0 Å². The van der Waals surface area contributed by atoms with Gasteiger partial charge in [0.05, 0.1) is 21.8 Å². The SMILES string of the molecule is NC(Cc1ccc(F)cc1Br)c1ncc(Cl)cc1Cl. The van der Waals surface area contributed by atoms with Crippen LogP contribution in [-0.4, -0.2) is 4.98 Å². The van der Waals surface area contributed by atoms with Gasteiger partial charge in [-0.2, -0.15) is 0 Å². The van der Waals surface area contributed by atoms with Gasteiger partial charge in [-0.3, -0.25) is 4.98 Å². The van der Waals surface area contributed by atoms with E-state index in [4.69, 9.17) is 28.9 Å². The summed E-state index contributed by atoms with van der Waals surface area (Å²) in [4.78, 5) is 4.14. The fraction of sp³-hybridized carbons (Fsp3) is 0.154. The summed E-state index contributed by atoms with van der Waals surface area (Å²) >= 11 is 15.2. The fourth-order valence-electron chi connectivity index (χ4n) is 1.72. The average molecular weight is 364 g/mol. The van der Waals surface area contributed by atoms with E-state index in [1.807, 2.05) is 0 Å². The largest absolute Gasteiger partial charge is 0.322 e. The first-order chi connectivity index (χ1) is 8.97. The molecular formula is C13H10BrCl2FN2. The zero-order valence-electron chi connectivity index (χ0n) is 9.71. The molecule has 0 aliphatic heterocycles. The summed E-state index contributed by atoms with van der Waals surface area (Å²) in [5.41, 5.74) is 7.54. The Kier molecular flexibility index (Phi) is 4.79. The molecule has 1 heterocycles. The van der Waals surface area contributed by atoms with E-state index in [2.05, 4.69) is 20.9 Å². The molecule has 2 nitrogen and oxygen atoms in total. The number of nitrogens with zero attached hydrogens (tertiary/aromatic N) is 1. The van der Waals surface area contributed by atoms with Crippen LogP contribution < -0.4 is 5.73 Å². The van der Waals surface area contributed by atoms with Gasteiger partial charge in [-0.25, -0.2) is 4.39 Å². The van der Waals surface area contributed by atoms with E-state index in [-0.39, 0.29) is 11.9 Å². The maximum Gasteiger partial charge on any atom is 0.124 e. The molecule has 1 aromatic carbocycles. The molecule has 0 aliphatic carbocycles. The van der Waals surface area contributed by atoms with Crippen molar-refractivity contribution in [1.82, 2.24) is 4.98 Å². The molecule has 100 valence electrons. The Morgan fingerprint density at radius 3 is 2.68 bits per heavy atom.